The second kappa shape index (κ2) is 9.09. The first-order valence-electron chi connectivity index (χ1n) is 8.17. The van der Waals surface area contributed by atoms with E-state index in [0.29, 0.717) is 26.7 Å². The molecule has 0 radical (unpaired) electrons. The molecule has 0 spiro atoms. The molecule has 2 aromatic carbocycles. The number of amides is 2. The normalized spacial score (nSPS) is 10.7. The number of rotatable bonds is 6. The van der Waals surface area contributed by atoms with Crippen LogP contribution in [0.4, 0.5) is 10.7 Å². The lowest BCUT2D eigenvalue weighted by molar-refractivity contribution is -0.380. The predicted molar refractivity (Wildman–Crippen MR) is 112 cm³/mol. The van der Waals surface area contributed by atoms with Gasteiger partial charge in [0.25, 0.3) is 11.8 Å². The van der Waals surface area contributed by atoms with Crippen LogP contribution in [0, 0.1) is 10.1 Å². The highest BCUT2D eigenvalue weighted by atomic mass is 35.5. The number of thiophene rings is 1. The number of anilines is 1. The number of nitrogens with one attached hydrogen (secondary N) is 2. The summed E-state index contributed by atoms with van der Waals surface area (Å²) in [5.74, 6) is -0.753. The van der Waals surface area contributed by atoms with Crippen molar-refractivity contribution < 1.29 is 14.5 Å². The quantitative estimate of drug-likeness (QED) is 0.345. The summed E-state index contributed by atoms with van der Waals surface area (Å²) in [6.07, 6.45) is 1.33. The Balaban J connectivity index is 1.56. The number of benzene rings is 2. The van der Waals surface area contributed by atoms with E-state index >= 15 is 0 Å². The van der Waals surface area contributed by atoms with Gasteiger partial charge in [-0.2, -0.15) is 5.10 Å². The summed E-state index contributed by atoms with van der Waals surface area (Å²) < 4.78 is 0. The maximum atomic E-state index is 12.2. The lowest BCUT2D eigenvalue weighted by Crippen LogP contribution is -2.17. The molecule has 0 bridgehead atoms. The van der Waals surface area contributed by atoms with Gasteiger partial charge < -0.3 is 5.32 Å². The molecular formula is C19H13ClN4O4S. The van der Waals surface area contributed by atoms with Gasteiger partial charge in [-0.25, -0.2) is 5.43 Å². The molecular weight excluding hydrogens is 416 g/mol. The van der Waals surface area contributed by atoms with Gasteiger partial charge in [0.05, 0.1) is 16.0 Å². The highest BCUT2D eigenvalue weighted by molar-refractivity contribution is 7.16. The smallest absolute Gasteiger partial charge is 0.322 e. The maximum absolute atomic E-state index is 12.2. The van der Waals surface area contributed by atoms with Crippen LogP contribution in [0.3, 0.4) is 0 Å². The molecule has 0 aliphatic rings. The third-order valence-corrected chi connectivity index (χ3v) is 4.89. The molecule has 0 aliphatic carbocycles. The molecule has 0 saturated heterocycles. The minimum atomic E-state index is -0.492. The lowest BCUT2D eigenvalue weighted by Gasteiger charge is -2.06. The van der Waals surface area contributed by atoms with Gasteiger partial charge in [0, 0.05) is 27.9 Å². The van der Waals surface area contributed by atoms with Crippen LogP contribution in [0.15, 0.2) is 65.8 Å². The van der Waals surface area contributed by atoms with Crippen LogP contribution in [0.1, 0.15) is 25.6 Å². The Kier molecular flexibility index (Phi) is 6.32. The third-order valence-electron chi connectivity index (χ3n) is 3.66. The number of hydrogen-bond acceptors (Lipinski definition) is 6. The Bertz CT molecular complexity index is 1080. The standard InChI is InChI=1S/C19H13ClN4O4S/c20-14-5-1-12(2-6-14)18(25)22-15-7-3-13(4-8-15)19(26)23-21-11-16-9-10-17(29-16)24(27)28/h1-11H,(H,22,25)(H,23,26). The van der Waals surface area contributed by atoms with Crippen molar-refractivity contribution in [2.24, 2.45) is 5.10 Å². The van der Waals surface area contributed by atoms with Gasteiger partial charge in [-0.05, 0) is 54.6 Å². The lowest BCUT2D eigenvalue weighted by atomic mass is 10.1. The first-order valence-corrected chi connectivity index (χ1v) is 9.36. The van der Waals surface area contributed by atoms with Crippen molar-refractivity contribution in [2.75, 3.05) is 5.32 Å². The fraction of sp³-hybridized carbons (Fsp3) is 0. The third kappa shape index (κ3) is 5.47. The van der Waals surface area contributed by atoms with E-state index in [1.807, 2.05) is 0 Å². The number of nitro groups is 1. The Morgan fingerprint density at radius 3 is 2.21 bits per heavy atom. The van der Waals surface area contributed by atoms with Gasteiger partial charge in [0.2, 0.25) is 0 Å². The molecule has 146 valence electrons. The molecule has 2 N–H and O–H groups in total. The molecule has 3 aromatic rings. The van der Waals surface area contributed by atoms with Crippen molar-refractivity contribution in [3.63, 3.8) is 0 Å². The van der Waals surface area contributed by atoms with E-state index in [1.165, 1.54) is 30.5 Å². The van der Waals surface area contributed by atoms with E-state index in [1.54, 1.807) is 36.4 Å². The summed E-state index contributed by atoms with van der Waals surface area (Å²) in [4.78, 5) is 35.0. The van der Waals surface area contributed by atoms with Crippen LogP contribution in [0.25, 0.3) is 0 Å². The summed E-state index contributed by atoms with van der Waals surface area (Å²) in [7, 11) is 0. The molecule has 2 amide bonds. The van der Waals surface area contributed by atoms with Crippen LogP contribution in [0.2, 0.25) is 5.02 Å². The Morgan fingerprint density at radius 2 is 1.59 bits per heavy atom. The average Bonchev–Trinajstić information content (AvgIpc) is 3.18. The van der Waals surface area contributed by atoms with E-state index in [9.17, 15) is 19.7 Å². The van der Waals surface area contributed by atoms with Crippen molar-refractivity contribution in [2.45, 2.75) is 0 Å². The molecule has 1 heterocycles. The van der Waals surface area contributed by atoms with Crippen molar-refractivity contribution in [3.05, 3.63) is 91.8 Å². The van der Waals surface area contributed by atoms with Crippen molar-refractivity contribution in [1.82, 2.24) is 5.43 Å². The van der Waals surface area contributed by atoms with Crippen LogP contribution >= 0.6 is 22.9 Å². The van der Waals surface area contributed by atoms with Gasteiger partial charge in [0.1, 0.15) is 0 Å². The molecule has 0 unspecified atom stereocenters. The van der Waals surface area contributed by atoms with Crippen LogP contribution < -0.4 is 10.7 Å². The topological polar surface area (TPSA) is 114 Å². The summed E-state index contributed by atoms with van der Waals surface area (Å²) in [6.45, 7) is 0. The van der Waals surface area contributed by atoms with Crippen LogP contribution in [-0.2, 0) is 0 Å². The minimum absolute atomic E-state index is 0.00554. The van der Waals surface area contributed by atoms with Gasteiger partial charge in [-0.15, -0.1) is 0 Å². The van der Waals surface area contributed by atoms with Crippen molar-refractivity contribution >= 4 is 51.7 Å². The predicted octanol–water partition coefficient (Wildman–Crippen LogP) is 4.33. The van der Waals surface area contributed by atoms with E-state index in [2.05, 4.69) is 15.8 Å². The minimum Gasteiger partial charge on any atom is -0.322 e. The highest BCUT2D eigenvalue weighted by Crippen LogP contribution is 2.22. The summed E-state index contributed by atoms with van der Waals surface area (Å²) in [5.41, 5.74) is 3.66. The largest absolute Gasteiger partial charge is 0.324 e. The van der Waals surface area contributed by atoms with Gasteiger partial charge >= 0.3 is 5.00 Å². The van der Waals surface area contributed by atoms with E-state index < -0.39 is 10.8 Å². The Hall–Kier alpha value is -3.56. The first-order chi connectivity index (χ1) is 13.9. The van der Waals surface area contributed by atoms with E-state index in [-0.39, 0.29) is 10.9 Å². The fourth-order valence-corrected chi connectivity index (χ4v) is 3.06. The van der Waals surface area contributed by atoms with E-state index in [4.69, 9.17) is 11.6 Å². The Morgan fingerprint density at radius 1 is 0.966 bits per heavy atom. The molecule has 29 heavy (non-hydrogen) atoms. The highest BCUT2D eigenvalue weighted by Gasteiger charge is 2.09. The number of hydrazone groups is 1. The SMILES string of the molecule is O=C(NN=Cc1ccc([N+](=O)[O-])s1)c1ccc(NC(=O)c2ccc(Cl)cc2)cc1. The molecule has 1 aromatic heterocycles. The monoisotopic (exact) mass is 428 g/mol. The van der Waals surface area contributed by atoms with Gasteiger partial charge in [-0.3, -0.25) is 19.7 Å². The number of halogens is 1. The summed E-state index contributed by atoms with van der Waals surface area (Å²) >= 11 is 6.75. The van der Waals surface area contributed by atoms with Gasteiger partial charge in [-0.1, -0.05) is 22.9 Å². The second-order valence-electron chi connectivity index (χ2n) is 5.67. The number of nitrogens with zero attached hydrogens (tertiary/aromatic N) is 2. The molecule has 10 heteroatoms. The average molecular weight is 429 g/mol. The van der Waals surface area contributed by atoms with Crippen LogP contribution in [0.5, 0.6) is 0 Å². The fourth-order valence-electron chi connectivity index (χ4n) is 2.24. The number of carbonyl (C=O) groups excluding carboxylic acids is 2. The summed E-state index contributed by atoms with van der Waals surface area (Å²) in [5, 5.41) is 17.7. The van der Waals surface area contributed by atoms with Crippen LogP contribution in [-0.4, -0.2) is 23.0 Å². The Labute approximate surface area is 174 Å². The maximum Gasteiger partial charge on any atom is 0.324 e. The molecule has 8 nitrogen and oxygen atoms in total. The molecule has 0 atom stereocenters. The zero-order chi connectivity index (χ0) is 20.8. The van der Waals surface area contributed by atoms with Crippen molar-refractivity contribution in [3.8, 4) is 0 Å². The molecule has 3 rings (SSSR count). The second-order valence-corrected chi connectivity index (χ2v) is 7.20. The molecule has 0 aliphatic heterocycles. The van der Waals surface area contributed by atoms with Crippen molar-refractivity contribution in [1.29, 1.82) is 0 Å². The summed E-state index contributed by atoms with van der Waals surface area (Å²) in [6, 6.07) is 15.6. The zero-order valence-corrected chi connectivity index (χ0v) is 16.2. The first kappa shape index (κ1) is 20.2. The number of hydrogen-bond donors (Lipinski definition) is 2. The zero-order valence-electron chi connectivity index (χ0n) is 14.7. The molecule has 0 saturated carbocycles. The van der Waals surface area contributed by atoms with E-state index in [0.717, 1.165) is 11.3 Å². The number of carbonyl (C=O) groups is 2. The van der Waals surface area contributed by atoms with Gasteiger partial charge in [0.15, 0.2) is 0 Å². The molecule has 0 fully saturated rings.